The number of hydrogen-bond donors (Lipinski definition) is 1. The summed E-state index contributed by atoms with van der Waals surface area (Å²) < 4.78 is 0.218. The van der Waals surface area contributed by atoms with Gasteiger partial charge in [-0.25, -0.2) is 14.6 Å². The highest BCUT2D eigenvalue weighted by molar-refractivity contribution is 5.93. The first kappa shape index (κ1) is 25.7. The summed E-state index contributed by atoms with van der Waals surface area (Å²) in [4.78, 5) is 41.3. The summed E-state index contributed by atoms with van der Waals surface area (Å²) in [6.07, 6.45) is 8.07. The first-order valence-corrected chi connectivity index (χ1v) is 13.7. The van der Waals surface area contributed by atoms with Crippen molar-refractivity contribution in [1.29, 1.82) is 0 Å². The Hall–Kier alpha value is -1.43. The van der Waals surface area contributed by atoms with Gasteiger partial charge in [0.1, 0.15) is 0 Å². The first-order valence-electron chi connectivity index (χ1n) is 13.7. The van der Waals surface area contributed by atoms with Crippen molar-refractivity contribution in [3.63, 3.8) is 0 Å². The molecular formula is C28H48N3O3+. The van der Waals surface area contributed by atoms with Crippen molar-refractivity contribution in [2.75, 3.05) is 14.1 Å². The van der Waals surface area contributed by atoms with Crippen LogP contribution in [0.4, 0.5) is 4.79 Å². The van der Waals surface area contributed by atoms with Crippen LogP contribution in [-0.2, 0) is 9.59 Å². The van der Waals surface area contributed by atoms with E-state index in [-0.39, 0.29) is 45.3 Å². The van der Waals surface area contributed by atoms with E-state index in [1.165, 1.54) is 0 Å². The lowest BCUT2D eigenvalue weighted by molar-refractivity contribution is -0.873. The summed E-state index contributed by atoms with van der Waals surface area (Å²) in [7, 11) is 3.94. The minimum absolute atomic E-state index is 0.0375. The second-order valence-electron chi connectivity index (χ2n) is 13.3. The SMILES string of the molecule is CC(C)[N+](C)(C(=O)NC(=O)[C@H]1CC[C@H]2[C@@H]3CC[C@H]4N(C)C(=O)CC[C@]4(C)[C@H]3CC[C@]12C)C(C)C. The predicted molar refractivity (Wildman–Crippen MR) is 134 cm³/mol. The summed E-state index contributed by atoms with van der Waals surface area (Å²) in [6.45, 7) is 13.0. The van der Waals surface area contributed by atoms with Gasteiger partial charge in [0.2, 0.25) is 11.8 Å². The maximum Gasteiger partial charge on any atom is 0.423 e. The Kier molecular flexibility index (Phi) is 6.49. The molecule has 34 heavy (non-hydrogen) atoms. The highest BCUT2D eigenvalue weighted by atomic mass is 16.2. The third-order valence-corrected chi connectivity index (χ3v) is 11.7. The number of quaternary nitrogens is 1. The molecule has 1 heterocycles. The van der Waals surface area contributed by atoms with Crippen LogP contribution in [0.15, 0.2) is 0 Å². The second-order valence-corrected chi connectivity index (χ2v) is 13.3. The van der Waals surface area contributed by atoms with Gasteiger partial charge in [-0.3, -0.25) is 9.59 Å². The van der Waals surface area contributed by atoms with Crippen LogP contribution >= 0.6 is 0 Å². The molecule has 1 saturated heterocycles. The number of imide groups is 1. The number of piperidine rings is 1. The Morgan fingerprint density at radius 3 is 2.18 bits per heavy atom. The topological polar surface area (TPSA) is 66.5 Å². The van der Waals surface area contributed by atoms with Crippen molar-refractivity contribution in [2.24, 2.45) is 34.5 Å². The van der Waals surface area contributed by atoms with Crippen LogP contribution < -0.4 is 5.32 Å². The van der Waals surface area contributed by atoms with E-state index in [1.807, 2.05) is 46.7 Å². The second kappa shape index (κ2) is 8.60. The fourth-order valence-corrected chi connectivity index (χ4v) is 8.96. The third kappa shape index (κ3) is 3.57. The van der Waals surface area contributed by atoms with Crippen molar-refractivity contribution in [1.82, 2.24) is 10.2 Å². The minimum Gasteiger partial charge on any atom is -0.342 e. The molecule has 0 spiro atoms. The zero-order valence-electron chi connectivity index (χ0n) is 22.8. The Balaban J connectivity index is 1.52. The van der Waals surface area contributed by atoms with Gasteiger partial charge in [-0.15, -0.1) is 0 Å². The molecule has 4 aliphatic rings. The highest BCUT2D eigenvalue weighted by Gasteiger charge is 2.62. The molecule has 0 aromatic carbocycles. The molecule has 4 fully saturated rings. The van der Waals surface area contributed by atoms with E-state index < -0.39 is 0 Å². The molecule has 4 rings (SSSR count). The van der Waals surface area contributed by atoms with Gasteiger partial charge in [0.05, 0.1) is 19.1 Å². The Morgan fingerprint density at radius 2 is 1.56 bits per heavy atom. The fraction of sp³-hybridized carbons (Fsp3) is 0.893. The lowest BCUT2D eigenvalue weighted by Gasteiger charge is -2.61. The Morgan fingerprint density at radius 1 is 0.941 bits per heavy atom. The molecule has 0 radical (unpaired) electrons. The van der Waals surface area contributed by atoms with E-state index in [0.29, 0.717) is 36.1 Å². The van der Waals surface area contributed by atoms with Crippen molar-refractivity contribution in [3.05, 3.63) is 0 Å². The molecule has 0 aromatic heterocycles. The zero-order chi connectivity index (χ0) is 25.2. The van der Waals surface area contributed by atoms with Gasteiger partial charge in [-0.1, -0.05) is 13.8 Å². The largest absolute Gasteiger partial charge is 0.423 e. The van der Waals surface area contributed by atoms with E-state index in [4.69, 9.17) is 0 Å². The number of rotatable bonds is 3. The van der Waals surface area contributed by atoms with Crippen LogP contribution in [0.1, 0.15) is 92.9 Å². The van der Waals surface area contributed by atoms with E-state index in [0.717, 1.165) is 44.9 Å². The van der Waals surface area contributed by atoms with Gasteiger partial charge in [-0.2, -0.15) is 0 Å². The monoisotopic (exact) mass is 474 g/mol. The lowest BCUT2D eigenvalue weighted by atomic mass is 9.47. The average molecular weight is 475 g/mol. The molecule has 0 unspecified atom stereocenters. The molecule has 6 nitrogen and oxygen atoms in total. The average Bonchev–Trinajstić information content (AvgIpc) is 3.13. The molecule has 1 N–H and O–H groups in total. The van der Waals surface area contributed by atoms with E-state index in [9.17, 15) is 14.4 Å². The lowest BCUT2D eigenvalue weighted by Crippen LogP contribution is -2.64. The van der Waals surface area contributed by atoms with Gasteiger partial charge in [0, 0.05) is 25.4 Å². The Bertz CT molecular complexity index is 846. The normalized spacial score (nSPS) is 40.1. The number of likely N-dealkylation sites (tertiary alicyclic amines) is 1. The van der Waals surface area contributed by atoms with Gasteiger partial charge < -0.3 is 4.90 Å². The van der Waals surface area contributed by atoms with Crippen LogP contribution in [0.2, 0.25) is 0 Å². The standard InChI is InChI=1S/C28H47N3O3/c1-17(2)31(8,18(3)4)26(34)29-25(33)22-11-10-20-19-9-12-23-28(6,16-14-24(32)30(23)7)21(19)13-15-27(20,22)5/h17-23H,9-16H2,1-8H3/p+1/t19-,20-,21-,22+,23+,27-,28+/m0/s1. The molecule has 4 amide bonds. The number of nitrogens with zero attached hydrogens (tertiary/aromatic N) is 2. The summed E-state index contributed by atoms with van der Waals surface area (Å²) in [5, 5.41) is 2.87. The predicted octanol–water partition coefficient (Wildman–Crippen LogP) is 4.97. The van der Waals surface area contributed by atoms with Crippen molar-refractivity contribution < 1.29 is 18.9 Å². The molecule has 192 valence electrons. The fourth-order valence-electron chi connectivity index (χ4n) is 8.96. The molecule has 0 bridgehead atoms. The van der Waals surface area contributed by atoms with Crippen LogP contribution in [0.25, 0.3) is 0 Å². The number of hydrogen-bond acceptors (Lipinski definition) is 3. The van der Waals surface area contributed by atoms with Gasteiger partial charge >= 0.3 is 6.03 Å². The number of fused-ring (bicyclic) bond motifs is 5. The van der Waals surface area contributed by atoms with Gasteiger partial charge in [0.15, 0.2) is 0 Å². The summed E-state index contributed by atoms with van der Waals surface area (Å²) in [5.74, 6) is 1.96. The van der Waals surface area contributed by atoms with Gasteiger partial charge in [-0.05, 0) is 101 Å². The maximum atomic E-state index is 13.6. The number of urea groups is 1. The van der Waals surface area contributed by atoms with Crippen LogP contribution in [0.3, 0.4) is 0 Å². The smallest absolute Gasteiger partial charge is 0.342 e. The molecule has 3 saturated carbocycles. The summed E-state index contributed by atoms with van der Waals surface area (Å²) >= 11 is 0. The highest BCUT2D eigenvalue weighted by Crippen LogP contribution is 2.66. The molecule has 7 atom stereocenters. The van der Waals surface area contributed by atoms with Crippen molar-refractivity contribution in [3.8, 4) is 0 Å². The Labute approximate surface area is 206 Å². The number of amides is 4. The molecule has 1 aliphatic heterocycles. The number of nitrogens with one attached hydrogen (secondary N) is 1. The molecular weight excluding hydrogens is 426 g/mol. The first-order chi connectivity index (χ1) is 15.8. The van der Waals surface area contributed by atoms with Crippen molar-refractivity contribution in [2.45, 2.75) is 111 Å². The molecule has 6 heteroatoms. The summed E-state index contributed by atoms with van der Waals surface area (Å²) in [5.41, 5.74) is 0.154. The zero-order valence-corrected chi connectivity index (χ0v) is 22.8. The van der Waals surface area contributed by atoms with Crippen molar-refractivity contribution >= 4 is 17.8 Å². The van der Waals surface area contributed by atoms with E-state index in [1.54, 1.807) is 0 Å². The summed E-state index contributed by atoms with van der Waals surface area (Å²) in [6, 6.07) is 0.400. The number of carbonyl (C=O) groups excluding carboxylic acids is 3. The minimum atomic E-state index is -0.168. The molecule has 3 aliphatic carbocycles. The maximum absolute atomic E-state index is 13.6. The van der Waals surface area contributed by atoms with E-state index >= 15 is 0 Å². The van der Waals surface area contributed by atoms with Gasteiger partial charge in [0.25, 0.3) is 0 Å². The third-order valence-electron chi connectivity index (χ3n) is 11.7. The van der Waals surface area contributed by atoms with Crippen LogP contribution in [0.5, 0.6) is 0 Å². The quantitative estimate of drug-likeness (QED) is 0.588. The van der Waals surface area contributed by atoms with Crippen LogP contribution in [-0.4, -0.2) is 59.4 Å². The molecule has 0 aromatic rings. The van der Waals surface area contributed by atoms with E-state index in [2.05, 4.69) is 19.2 Å². The van der Waals surface area contributed by atoms with Crippen LogP contribution in [0, 0.1) is 34.5 Å². The number of carbonyl (C=O) groups is 3.